The third-order valence-electron chi connectivity index (χ3n) is 3.17. The van der Waals surface area contributed by atoms with Crippen LogP contribution in [0.4, 0.5) is 4.79 Å². The third-order valence-corrected chi connectivity index (χ3v) is 4.94. The van der Waals surface area contributed by atoms with Crippen molar-refractivity contribution in [2.45, 2.75) is 32.9 Å². The third kappa shape index (κ3) is 3.46. The molecule has 0 spiro atoms. The average Bonchev–Trinajstić information content (AvgIpc) is 2.80. The van der Waals surface area contributed by atoms with E-state index < -0.39 is 9.84 Å². The van der Waals surface area contributed by atoms with E-state index in [0.29, 0.717) is 18.7 Å². The number of hydrogen-bond acceptors (Lipinski definition) is 5. The van der Waals surface area contributed by atoms with E-state index in [9.17, 15) is 13.2 Å². The van der Waals surface area contributed by atoms with Gasteiger partial charge in [-0.3, -0.25) is 0 Å². The van der Waals surface area contributed by atoms with E-state index in [1.807, 2.05) is 0 Å². The highest BCUT2D eigenvalue weighted by molar-refractivity contribution is 7.91. The SMILES string of the molecule is Cc1noc(C)c1CNC(=O)NC1CCS(=O)(=O)C1. The molecular formula is C11H17N3O4S. The van der Waals surface area contributed by atoms with Gasteiger partial charge in [0.1, 0.15) is 5.76 Å². The number of nitrogens with one attached hydrogen (secondary N) is 2. The van der Waals surface area contributed by atoms with Crippen molar-refractivity contribution in [3.63, 3.8) is 0 Å². The minimum atomic E-state index is -2.98. The second kappa shape index (κ2) is 5.20. The molecule has 2 heterocycles. The molecule has 1 aromatic rings. The maximum atomic E-state index is 11.7. The van der Waals surface area contributed by atoms with Crippen LogP contribution in [0.25, 0.3) is 0 Å². The van der Waals surface area contributed by atoms with E-state index in [1.165, 1.54) is 0 Å². The molecule has 0 bridgehead atoms. The number of aryl methyl sites for hydroxylation is 2. The quantitative estimate of drug-likeness (QED) is 0.831. The molecule has 0 radical (unpaired) electrons. The number of carbonyl (C=O) groups is 1. The van der Waals surface area contributed by atoms with E-state index in [4.69, 9.17) is 4.52 Å². The summed E-state index contributed by atoms with van der Waals surface area (Å²) >= 11 is 0. The molecule has 19 heavy (non-hydrogen) atoms. The van der Waals surface area contributed by atoms with E-state index in [2.05, 4.69) is 15.8 Å². The minimum absolute atomic E-state index is 0.0196. The van der Waals surface area contributed by atoms with Crippen LogP contribution in [0.5, 0.6) is 0 Å². The standard InChI is InChI=1S/C11H17N3O4S/c1-7-10(8(2)18-14-7)5-12-11(15)13-9-3-4-19(16,17)6-9/h9H,3-6H2,1-2H3,(H2,12,13,15). The Morgan fingerprint density at radius 1 is 1.47 bits per heavy atom. The van der Waals surface area contributed by atoms with Crippen molar-refractivity contribution in [1.82, 2.24) is 15.8 Å². The maximum Gasteiger partial charge on any atom is 0.315 e. The first-order chi connectivity index (χ1) is 8.87. The van der Waals surface area contributed by atoms with Crippen LogP contribution >= 0.6 is 0 Å². The Balaban J connectivity index is 1.83. The Morgan fingerprint density at radius 2 is 2.21 bits per heavy atom. The van der Waals surface area contributed by atoms with Crippen LogP contribution in [0, 0.1) is 13.8 Å². The van der Waals surface area contributed by atoms with Crippen molar-refractivity contribution in [2.75, 3.05) is 11.5 Å². The molecule has 8 heteroatoms. The van der Waals surface area contributed by atoms with Gasteiger partial charge in [-0.2, -0.15) is 0 Å². The molecule has 2 N–H and O–H groups in total. The van der Waals surface area contributed by atoms with E-state index in [-0.39, 0.29) is 23.6 Å². The Labute approximate surface area is 111 Å². The van der Waals surface area contributed by atoms with Crippen molar-refractivity contribution in [1.29, 1.82) is 0 Å². The number of rotatable bonds is 3. The van der Waals surface area contributed by atoms with Gasteiger partial charge in [0.2, 0.25) is 0 Å². The second-order valence-corrected chi connectivity index (χ2v) is 6.96. The zero-order chi connectivity index (χ0) is 14.0. The van der Waals surface area contributed by atoms with Gasteiger partial charge in [-0.1, -0.05) is 5.16 Å². The van der Waals surface area contributed by atoms with E-state index >= 15 is 0 Å². The lowest BCUT2D eigenvalue weighted by molar-refractivity contribution is 0.237. The number of amides is 2. The van der Waals surface area contributed by atoms with Crippen LogP contribution in [-0.2, 0) is 16.4 Å². The summed E-state index contributed by atoms with van der Waals surface area (Å²) in [5, 5.41) is 9.12. The zero-order valence-electron chi connectivity index (χ0n) is 10.9. The minimum Gasteiger partial charge on any atom is -0.361 e. The van der Waals surface area contributed by atoms with Crippen LogP contribution in [0.15, 0.2) is 4.52 Å². The molecule has 1 atom stereocenters. The molecule has 2 amide bonds. The normalized spacial score (nSPS) is 21.3. The highest BCUT2D eigenvalue weighted by Crippen LogP contribution is 2.12. The Kier molecular flexibility index (Phi) is 3.79. The first-order valence-corrected chi connectivity index (χ1v) is 7.86. The molecule has 106 valence electrons. The predicted octanol–water partition coefficient (Wildman–Crippen LogP) is 0.278. The van der Waals surface area contributed by atoms with Crippen LogP contribution in [0.2, 0.25) is 0 Å². The first-order valence-electron chi connectivity index (χ1n) is 6.04. The summed E-state index contributed by atoms with van der Waals surface area (Å²) in [7, 11) is -2.98. The lowest BCUT2D eigenvalue weighted by Gasteiger charge is -2.11. The molecule has 7 nitrogen and oxygen atoms in total. The summed E-state index contributed by atoms with van der Waals surface area (Å²) in [5.41, 5.74) is 1.58. The van der Waals surface area contributed by atoms with Gasteiger partial charge in [0.25, 0.3) is 0 Å². The predicted molar refractivity (Wildman–Crippen MR) is 68.4 cm³/mol. The highest BCUT2D eigenvalue weighted by atomic mass is 32.2. The van der Waals surface area contributed by atoms with Gasteiger partial charge >= 0.3 is 6.03 Å². The maximum absolute atomic E-state index is 11.7. The largest absolute Gasteiger partial charge is 0.361 e. The molecule has 1 unspecified atom stereocenters. The lowest BCUT2D eigenvalue weighted by Crippen LogP contribution is -2.42. The summed E-state index contributed by atoms with van der Waals surface area (Å²) in [5.74, 6) is 0.828. The summed E-state index contributed by atoms with van der Waals surface area (Å²) in [6.45, 7) is 3.89. The van der Waals surface area contributed by atoms with Crippen molar-refractivity contribution in [3.05, 3.63) is 17.0 Å². The number of nitrogens with zero attached hydrogens (tertiary/aromatic N) is 1. The molecule has 0 aliphatic carbocycles. The average molecular weight is 287 g/mol. The summed E-state index contributed by atoms with van der Waals surface area (Å²) < 4.78 is 27.5. The van der Waals surface area contributed by atoms with Gasteiger partial charge in [0.15, 0.2) is 9.84 Å². The molecule has 0 saturated carbocycles. The Hall–Kier alpha value is -1.57. The molecule has 0 aromatic carbocycles. The lowest BCUT2D eigenvalue weighted by atomic mass is 10.2. The molecule has 1 saturated heterocycles. The second-order valence-electron chi connectivity index (χ2n) is 4.73. The smallest absolute Gasteiger partial charge is 0.315 e. The molecular weight excluding hydrogens is 270 g/mol. The number of hydrogen-bond donors (Lipinski definition) is 2. The first kappa shape index (κ1) is 13.9. The monoisotopic (exact) mass is 287 g/mol. The molecule has 1 aliphatic rings. The molecule has 1 aromatic heterocycles. The number of sulfone groups is 1. The van der Waals surface area contributed by atoms with Gasteiger partial charge in [-0.05, 0) is 20.3 Å². The fourth-order valence-corrected chi connectivity index (χ4v) is 3.74. The molecule has 1 fully saturated rings. The van der Waals surface area contributed by atoms with Crippen LogP contribution < -0.4 is 10.6 Å². The van der Waals surface area contributed by atoms with Crippen LogP contribution in [0.3, 0.4) is 0 Å². The molecule has 1 aliphatic heterocycles. The van der Waals surface area contributed by atoms with Crippen LogP contribution in [0.1, 0.15) is 23.4 Å². The molecule has 2 rings (SSSR count). The van der Waals surface area contributed by atoms with Gasteiger partial charge in [0.05, 0.1) is 17.2 Å². The van der Waals surface area contributed by atoms with Crippen molar-refractivity contribution in [3.8, 4) is 0 Å². The van der Waals surface area contributed by atoms with Gasteiger partial charge in [-0.25, -0.2) is 13.2 Å². The van der Waals surface area contributed by atoms with Gasteiger partial charge in [0, 0.05) is 18.2 Å². The van der Waals surface area contributed by atoms with Gasteiger partial charge in [-0.15, -0.1) is 0 Å². The summed E-state index contributed by atoms with van der Waals surface area (Å²) in [6.07, 6.45) is 0.473. The van der Waals surface area contributed by atoms with Crippen LogP contribution in [-0.4, -0.2) is 37.2 Å². The summed E-state index contributed by atoms with van der Waals surface area (Å²) in [6, 6.07) is -0.670. The fourth-order valence-electron chi connectivity index (χ4n) is 2.07. The zero-order valence-corrected chi connectivity index (χ0v) is 11.7. The van der Waals surface area contributed by atoms with Crippen molar-refractivity contribution >= 4 is 15.9 Å². The fraction of sp³-hybridized carbons (Fsp3) is 0.636. The van der Waals surface area contributed by atoms with Crippen molar-refractivity contribution in [2.24, 2.45) is 0 Å². The number of urea groups is 1. The topological polar surface area (TPSA) is 101 Å². The Morgan fingerprint density at radius 3 is 2.74 bits per heavy atom. The number of carbonyl (C=O) groups excluding carboxylic acids is 1. The van der Waals surface area contributed by atoms with E-state index in [1.54, 1.807) is 13.8 Å². The van der Waals surface area contributed by atoms with Crippen molar-refractivity contribution < 1.29 is 17.7 Å². The highest BCUT2D eigenvalue weighted by Gasteiger charge is 2.28. The summed E-state index contributed by atoms with van der Waals surface area (Å²) in [4.78, 5) is 11.7. The Bertz CT molecular complexity index is 559. The van der Waals surface area contributed by atoms with E-state index in [0.717, 1.165) is 11.3 Å². The number of aromatic nitrogens is 1. The van der Waals surface area contributed by atoms with Gasteiger partial charge < -0.3 is 15.2 Å².